The summed E-state index contributed by atoms with van der Waals surface area (Å²) in [4.78, 5) is 12.0. The number of nitrogens with one attached hydrogen (secondary N) is 1. The van der Waals surface area contributed by atoms with Crippen molar-refractivity contribution in [2.75, 3.05) is 19.0 Å². The lowest BCUT2D eigenvalue weighted by Crippen LogP contribution is -2.22. The first-order valence-corrected chi connectivity index (χ1v) is 7.48. The molecular weight excluding hydrogens is 292 g/mol. The highest BCUT2D eigenvalue weighted by Crippen LogP contribution is 2.23. The summed E-state index contributed by atoms with van der Waals surface area (Å²) >= 11 is 0. The minimum atomic E-state index is -0.0976. The molecule has 0 atom stereocenters. The second-order valence-electron chi connectivity index (χ2n) is 5.51. The number of nitrogens with zero attached hydrogens (tertiary/aromatic N) is 3. The van der Waals surface area contributed by atoms with E-state index in [9.17, 15) is 4.79 Å². The van der Waals surface area contributed by atoms with Crippen molar-refractivity contribution < 1.29 is 4.74 Å². The standard InChI is InChI=1S/C17H20N4O2/c1-12-15(11-18-20(2)17(12)22)19-14-5-4-13-6-7-21(8-9-23-3)16(13)10-14/h4-7,10-11,19H,8-9H2,1-3H3. The van der Waals surface area contributed by atoms with E-state index in [0.29, 0.717) is 12.2 Å². The molecule has 120 valence electrons. The monoisotopic (exact) mass is 312 g/mol. The SMILES string of the molecule is COCCn1ccc2ccc(Nc3cnn(C)c(=O)c3C)cc21. The largest absolute Gasteiger partial charge is 0.383 e. The van der Waals surface area contributed by atoms with Gasteiger partial charge < -0.3 is 14.6 Å². The number of aryl methyl sites for hydroxylation is 1. The van der Waals surface area contributed by atoms with Crippen molar-refractivity contribution >= 4 is 22.3 Å². The predicted molar refractivity (Wildman–Crippen MR) is 91.3 cm³/mol. The third-order valence-corrected chi connectivity index (χ3v) is 3.97. The smallest absolute Gasteiger partial charge is 0.271 e. The molecule has 3 rings (SSSR count). The molecule has 3 aromatic rings. The average molecular weight is 312 g/mol. The molecular formula is C17H20N4O2. The van der Waals surface area contributed by atoms with E-state index in [2.05, 4.69) is 39.4 Å². The van der Waals surface area contributed by atoms with Gasteiger partial charge in [0.15, 0.2) is 0 Å². The summed E-state index contributed by atoms with van der Waals surface area (Å²) in [5.74, 6) is 0. The predicted octanol–water partition coefficient (Wildman–Crippen LogP) is 2.43. The molecule has 0 aliphatic heterocycles. The minimum absolute atomic E-state index is 0.0976. The van der Waals surface area contributed by atoms with Crippen LogP contribution in [0.1, 0.15) is 5.56 Å². The van der Waals surface area contributed by atoms with Gasteiger partial charge in [0.2, 0.25) is 0 Å². The second-order valence-corrected chi connectivity index (χ2v) is 5.51. The van der Waals surface area contributed by atoms with E-state index in [1.807, 2.05) is 6.07 Å². The molecule has 23 heavy (non-hydrogen) atoms. The van der Waals surface area contributed by atoms with Gasteiger partial charge in [-0.1, -0.05) is 6.07 Å². The van der Waals surface area contributed by atoms with Crippen LogP contribution < -0.4 is 10.9 Å². The molecule has 0 amide bonds. The fourth-order valence-electron chi connectivity index (χ4n) is 2.58. The minimum Gasteiger partial charge on any atom is -0.383 e. The van der Waals surface area contributed by atoms with Crippen LogP contribution in [0.5, 0.6) is 0 Å². The summed E-state index contributed by atoms with van der Waals surface area (Å²) < 4.78 is 8.63. The highest BCUT2D eigenvalue weighted by atomic mass is 16.5. The lowest BCUT2D eigenvalue weighted by molar-refractivity contribution is 0.188. The quantitative estimate of drug-likeness (QED) is 0.786. The first kappa shape index (κ1) is 15.3. The van der Waals surface area contributed by atoms with Gasteiger partial charge in [-0.05, 0) is 30.5 Å². The number of aromatic nitrogens is 3. The molecule has 0 radical (unpaired) electrons. The van der Waals surface area contributed by atoms with Gasteiger partial charge in [-0.2, -0.15) is 5.10 Å². The maximum absolute atomic E-state index is 12.0. The fourth-order valence-corrected chi connectivity index (χ4v) is 2.58. The summed E-state index contributed by atoms with van der Waals surface area (Å²) in [6.07, 6.45) is 3.73. The Bertz CT molecular complexity index is 895. The summed E-state index contributed by atoms with van der Waals surface area (Å²) in [6.45, 7) is 3.27. The number of anilines is 2. The van der Waals surface area contributed by atoms with E-state index in [1.165, 1.54) is 10.1 Å². The Morgan fingerprint density at radius 1 is 1.30 bits per heavy atom. The van der Waals surface area contributed by atoms with Crippen LogP contribution in [0.25, 0.3) is 10.9 Å². The van der Waals surface area contributed by atoms with Gasteiger partial charge in [0.25, 0.3) is 5.56 Å². The summed E-state index contributed by atoms with van der Waals surface area (Å²) in [6, 6.07) is 8.21. The summed E-state index contributed by atoms with van der Waals surface area (Å²) in [5, 5.41) is 8.52. The number of fused-ring (bicyclic) bond motifs is 1. The molecule has 0 unspecified atom stereocenters. The van der Waals surface area contributed by atoms with Gasteiger partial charge in [-0.15, -0.1) is 0 Å². The zero-order valence-corrected chi connectivity index (χ0v) is 13.5. The van der Waals surface area contributed by atoms with E-state index < -0.39 is 0 Å². The molecule has 0 saturated heterocycles. The van der Waals surface area contributed by atoms with Gasteiger partial charge in [0.05, 0.1) is 24.0 Å². The number of methoxy groups -OCH3 is 1. The normalized spacial score (nSPS) is 11.1. The first-order chi connectivity index (χ1) is 11.1. The Balaban J connectivity index is 1.94. The summed E-state index contributed by atoms with van der Waals surface area (Å²) in [7, 11) is 3.35. The number of benzene rings is 1. The van der Waals surface area contributed by atoms with Crippen LogP contribution in [0.4, 0.5) is 11.4 Å². The van der Waals surface area contributed by atoms with E-state index in [-0.39, 0.29) is 5.56 Å². The molecule has 0 bridgehead atoms. The number of hydrogen-bond acceptors (Lipinski definition) is 4. The number of hydrogen-bond donors (Lipinski definition) is 1. The van der Waals surface area contributed by atoms with E-state index in [1.54, 1.807) is 27.3 Å². The van der Waals surface area contributed by atoms with Gasteiger partial charge in [-0.3, -0.25) is 4.79 Å². The molecule has 0 aliphatic rings. The fraction of sp³-hybridized carbons (Fsp3) is 0.294. The maximum Gasteiger partial charge on any atom is 0.271 e. The number of ether oxygens (including phenoxy) is 1. The lowest BCUT2D eigenvalue weighted by atomic mass is 10.2. The van der Waals surface area contributed by atoms with Crippen molar-refractivity contribution in [1.82, 2.24) is 14.3 Å². The molecule has 1 aromatic carbocycles. The van der Waals surface area contributed by atoms with Crippen LogP contribution in [0.15, 0.2) is 41.5 Å². The average Bonchev–Trinajstić information content (AvgIpc) is 2.96. The molecule has 6 heteroatoms. The van der Waals surface area contributed by atoms with Crippen molar-refractivity contribution in [2.45, 2.75) is 13.5 Å². The van der Waals surface area contributed by atoms with Gasteiger partial charge in [-0.25, -0.2) is 4.68 Å². The lowest BCUT2D eigenvalue weighted by Gasteiger charge is -2.11. The molecule has 0 aliphatic carbocycles. The highest BCUT2D eigenvalue weighted by Gasteiger charge is 2.07. The molecule has 6 nitrogen and oxygen atoms in total. The summed E-state index contributed by atoms with van der Waals surface area (Å²) in [5.41, 5.74) is 3.33. The van der Waals surface area contributed by atoms with Crippen LogP contribution in [-0.2, 0) is 18.3 Å². The van der Waals surface area contributed by atoms with E-state index in [0.717, 1.165) is 23.4 Å². The van der Waals surface area contributed by atoms with Gasteiger partial charge in [0.1, 0.15) is 0 Å². The van der Waals surface area contributed by atoms with Crippen LogP contribution in [0.2, 0.25) is 0 Å². The maximum atomic E-state index is 12.0. The van der Waals surface area contributed by atoms with Gasteiger partial charge in [0, 0.05) is 38.1 Å². The highest BCUT2D eigenvalue weighted by molar-refractivity contribution is 5.84. The Morgan fingerprint density at radius 2 is 2.13 bits per heavy atom. The topological polar surface area (TPSA) is 61.1 Å². The van der Waals surface area contributed by atoms with Gasteiger partial charge >= 0.3 is 0 Å². The molecule has 0 saturated carbocycles. The Morgan fingerprint density at radius 3 is 2.91 bits per heavy atom. The Labute approximate surface area is 134 Å². The molecule has 0 fully saturated rings. The van der Waals surface area contributed by atoms with Crippen molar-refractivity contribution in [1.29, 1.82) is 0 Å². The molecule has 2 heterocycles. The van der Waals surface area contributed by atoms with Crippen molar-refractivity contribution in [3.8, 4) is 0 Å². The van der Waals surface area contributed by atoms with E-state index >= 15 is 0 Å². The third kappa shape index (κ3) is 2.98. The van der Waals surface area contributed by atoms with Crippen LogP contribution in [0, 0.1) is 6.92 Å². The zero-order chi connectivity index (χ0) is 16.4. The zero-order valence-electron chi connectivity index (χ0n) is 13.5. The molecule has 2 aromatic heterocycles. The van der Waals surface area contributed by atoms with Crippen LogP contribution >= 0.6 is 0 Å². The van der Waals surface area contributed by atoms with Crippen molar-refractivity contribution in [3.63, 3.8) is 0 Å². The second kappa shape index (κ2) is 6.26. The Hall–Kier alpha value is -2.60. The van der Waals surface area contributed by atoms with Crippen LogP contribution in [-0.4, -0.2) is 28.1 Å². The third-order valence-electron chi connectivity index (χ3n) is 3.97. The van der Waals surface area contributed by atoms with Crippen LogP contribution in [0.3, 0.4) is 0 Å². The number of rotatable bonds is 5. The van der Waals surface area contributed by atoms with Crippen molar-refractivity contribution in [3.05, 3.63) is 52.6 Å². The first-order valence-electron chi connectivity index (χ1n) is 7.48. The Kier molecular flexibility index (Phi) is 4.16. The van der Waals surface area contributed by atoms with Crippen molar-refractivity contribution in [2.24, 2.45) is 7.05 Å². The molecule has 1 N–H and O–H groups in total. The van der Waals surface area contributed by atoms with E-state index in [4.69, 9.17) is 4.74 Å². The molecule has 0 spiro atoms.